The highest BCUT2D eigenvalue weighted by molar-refractivity contribution is 14.0. The highest BCUT2D eigenvalue weighted by Crippen LogP contribution is 2.28. The smallest absolute Gasteiger partial charge is 0.193 e. The van der Waals surface area contributed by atoms with E-state index in [2.05, 4.69) is 10.3 Å². The minimum absolute atomic E-state index is 0. The van der Waals surface area contributed by atoms with Crippen molar-refractivity contribution < 1.29 is 14.2 Å². The number of benzene rings is 2. The minimum atomic E-state index is 0. The SMILES string of the molecule is COc1ccc(NC(N)=NCCCc2ccc(OC)c(OC)c2)cc1Cl.I. The lowest BCUT2D eigenvalue weighted by Crippen LogP contribution is -2.22. The van der Waals surface area contributed by atoms with E-state index in [0.717, 1.165) is 35.6 Å². The number of ether oxygens (including phenoxy) is 3. The third-order valence-corrected chi connectivity index (χ3v) is 4.07. The van der Waals surface area contributed by atoms with Gasteiger partial charge in [0.1, 0.15) is 5.75 Å². The van der Waals surface area contributed by atoms with Crippen LogP contribution in [-0.2, 0) is 6.42 Å². The van der Waals surface area contributed by atoms with Crippen molar-refractivity contribution in [2.75, 3.05) is 33.2 Å². The summed E-state index contributed by atoms with van der Waals surface area (Å²) < 4.78 is 15.7. The predicted molar refractivity (Wildman–Crippen MR) is 121 cm³/mol. The third kappa shape index (κ3) is 6.99. The number of rotatable bonds is 8. The molecule has 2 rings (SSSR count). The van der Waals surface area contributed by atoms with Crippen molar-refractivity contribution in [1.29, 1.82) is 0 Å². The Hall–Kier alpha value is -1.87. The number of anilines is 1. The fourth-order valence-electron chi connectivity index (χ4n) is 2.45. The van der Waals surface area contributed by atoms with Gasteiger partial charge in [-0.3, -0.25) is 4.99 Å². The molecule has 2 aromatic carbocycles. The zero-order chi connectivity index (χ0) is 18.9. The molecule has 0 aliphatic heterocycles. The van der Waals surface area contributed by atoms with Gasteiger partial charge in [0.25, 0.3) is 0 Å². The van der Waals surface area contributed by atoms with Crippen LogP contribution in [0.5, 0.6) is 17.2 Å². The first kappa shape index (κ1) is 23.2. The summed E-state index contributed by atoms with van der Waals surface area (Å²) in [5.41, 5.74) is 7.84. The van der Waals surface area contributed by atoms with Crippen LogP contribution in [0, 0.1) is 0 Å². The molecule has 0 amide bonds. The van der Waals surface area contributed by atoms with Crippen molar-refractivity contribution in [3.63, 3.8) is 0 Å². The van der Waals surface area contributed by atoms with Gasteiger partial charge in [0.2, 0.25) is 0 Å². The van der Waals surface area contributed by atoms with E-state index in [9.17, 15) is 0 Å². The Labute approximate surface area is 182 Å². The van der Waals surface area contributed by atoms with E-state index in [-0.39, 0.29) is 24.0 Å². The summed E-state index contributed by atoms with van der Waals surface area (Å²) in [5, 5.41) is 3.53. The summed E-state index contributed by atoms with van der Waals surface area (Å²) in [5.74, 6) is 2.41. The average Bonchev–Trinajstić information content (AvgIpc) is 2.65. The van der Waals surface area contributed by atoms with Gasteiger partial charge in [-0.2, -0.15) is 0 Å². The molecule has 0 fully saturated rings. The molecule has 2 aromatic rings. The number of nitrogens with zero attached hydrogens (tertiary/aromatic N) is 1. The van der Waals surface area contributed by atoms with Crippen LogP contribution in [0.3, 0.4) is 0 Å². The van der Waals surface area contributed by atoms with Gasteiger partial charge in [-0.05, 0) is 48.7 Å². The van der Waals surface area contributed by atoms with E-state index >= 15 is 0 Å². The van der Waals surface area contributed by atoms with Crippen LogP contribution in [0.4, 0.5) is 5.69 Å². The van der Waals surface area contributed by atoms with Gasteiger partial charge >= 0.3 is 0 Å². The van der Waals surface area contributed by atoms with E-state index in [1.807, 2.05) is 24.3 Å². The summed E-state index contributed by atoms with van der Waals surface area (Å²) in [7, 11) is 4.82. The van der Waals surface area contributed by atoms with Gasteiger partial charge in [-0.15, -0.1) is 24.0 Å². The van der Waals surface area contributed by atoms with Crippen LogP contribution in [-0.4, -0.2) is 33.8 Å². The summed E-state index contributed by atoms with van der Waals surface area (Å²) in [6.07, 6.45) is 1.73. The molecule has 0 heterocycles. The molecule has 0 bridgehead atoms. The number of nitrogens with one attached hydrogen (secondary N) is 1. The van der Waals surface area contributed by atoms with Gasteiger partial charge in [0, 0.05) is 12.2 Å². The van der Waals surface area contributed by atoms with Crippen LogP contribution >= 0.6 is 35.6 Å². The second-order valence-electron chi connectivity index (χ2n) is 5.53. The molecule has 27 heavy (non-hydrogen) atoms. The van der Waals surface area contributed by atoms with Gasteiger partial charge < -0.3 is 25.3 Å². The molecule has 0 spiro atoms. The Bertz CT molecular complexity index is 772. The lowest BCUT2D eigenvalue weighted by Gasteiger charge is -2.10. The van der Waals surface area contributed by atoms with Crippen LogP contribution in [0.15, 0.2) is 41.4 Å². The monoisotopic (exact) mass is 505 g/mol. The average molecular weight is 506 g/mol. The number of aryl methyl sites for hydroxylation is 1. The molecule has 3 N–H and O–H groups in total. The van der Waals surface area contributed by atoms with E-state index in [4.69, 9.17) is 31.5 Å². The lowest BCUT2D eigenvalue weighted by atomic mass is 10.1. The molecule has 0 saturated heterocycles. The number of guanidine groups is 1. The number of aliphatic imine (C=N–C) groups is 1. The van der Waals surface area contributed by atoms with Gasteiger partial charge in [0.05, 0.1) is 26.4 Å². The molecule has 0 aromatic heterocycles. The lowest BCUT2D eigenvalue weighted by molar-refractivity contribution is 0.354. The summed E-state index contributed by atoms with van der Waals surface area (Å²) >= 11 is 6.09. The second-order valence-corrected chi connectivity index (χ2v) is 5.94. The zero-order valence-electron chi connectivity index (χ0n) is 15.6. The quantitative estimate of drug-likeness (QED) is 0.241. The number of halogens is 2. The maximum absolute atomic E-state index is 6.09. The molecule has 148 valence electrons. The van der Waals surface area contributed by atoms with Gasteiger partial charge in [-0.25, -0.2) is 0 Å². The van der Waals surface area contributed by atoms with Crippen LogP contribution < -0.4 is 25.3 Å². The fraction of sp³-hybridized carbons (Fsp3) is 0.316. The normalized spacial score (nSPS) is 10.7. The summed E-state index contributed by atoms with van der Waals surface area (Å²) in [6.45, 7) is 0.608. The molecular formula is C19H25ClIN3O3. The number of methoxy groups -OCH3 is 3. The van der Waals surface area contributed by atoms with Crippen LogP contribution in [0.25, 0.3) is 0 Å². The number of nitrogens with two attached hydrogens (primary N) is 1. The highest BCUT2D eigenvalue weighted by Gasteiger charge is 2.05. The maximum atomic E-state index is 6.09. The molecule has 0 aliphatic rings. The predicted octanol–water partition coefficient (Wildman–Crippen LogP) is 4.34. The standard InChI is InChI=1S/C19H24ClN3O3.HI/c1-24-16-9-7-14(12-15(16)20)23-19(21)22-10-4-5-13-6-8-17(25-2)18(11-13)26-3;/h6-9,11-12H,4-5,10H2,1-3H3,(H3,21,22,23);1H. The molecule has 0 aliphatic carbocycles. The van der Waals surface area contributed by atoms with Crippen molar-refractivity contribution in [3.05, 3.63) is 47.0 Å². The number of hydrogen-bond acceptors (Lipinski definition) is 4. The second kappa shape index (κ2) is 11.8. The molecule has 6 nitrogen and oxygen atoms in total. The van der Waals surface area contributed by atoms with Crippen LogP contribution in [0.1, 0.15) is 12.0 Å². The Morgan fingerprint density at radius 2 is 1.67 bits per heavy atom. The van der Waals surface area contributed by atoms with E-state index in [1.54, 1.807) is 33.5 Å². The largest absolute Gasteiger partial charge is 0.495 e. The Kier molecular flexibility index (Phi) is 10.1. The fourth-order valence-corrected chi connectivity index (χ4v) is 2.71. The molecule has 0 atom stereocenters. The van der Waals surface area contributed by atoms with Crippen molar-refractivity contribution in [1.82, 2.24) is 0 Å². The van der Waals surface area contributed by atoms with Gasteiger partial charge in [-0.1, -0.05) is 17.7 Å². The van der Waals surface area contributed by atoms with E-state index in [1.165, 1.54) is 0 Å². The van der Waals surface area contributed by atoms with Crippen molar-refractivity contribution in [3.8, 4) is 17.2 Å². The molecule has 0 radical (unpaired) electrons. The summed E-state index contributed by atoms with van der Waals surface area (Å²) in [6, 6.07) is 11.2. The van der Waals surface area contributed by atoms with Crippen molar-refractivity contribution in [2.24, 2.45) is 10.7 Å². The molecule has 0 unspecified atom stereocenters. The topological polar surface area (TPSA) is 78.1 Å². The minimum Gasteiger partial charge on any atom is -0.495 e. The first-order valence-electron chi connectivity index (χ1n) is 8.18. The Morgan fingerprint density at radius 1 is 1.00 bits per heavy atom. The van der Waals surface area contributed by atoms with Gasteiger partial charge in [0.15, 0.2) is 17.5 Å². The van der Waals surface area contributed by atoms with Crippen LogP contribution in [0.2, 0.25) is 5.02 Å². The zero-order valence-corrected chi connectivity index (χ0v) is 18.7. The van der Waals surface area contributed by atoms with Crippen molar-refractivity contribution in [2.45, 2.75) is 12.8 Å². The van der Waals surface area contributed by atoms with Crippen molar-refractivity contribution >= 4 is 47.2 Å². The number of hydrogen-bond donors (Lipinski definition) is 2. The summed E-state index contributed by atoms with van der Waals surface area (Å²) in [4.78, 5) is 4.34. The Balaban J connectivity index is 0.00000364. The molecule has 0 saturated carbocycles. The first-order valence-corrected chi connectivity index (χ1v) is 8.56. The molecular weight excluding hydrogens is 481 g/mol. The molecule has 8 heteroatoms. The highest BCUT2D eigenvalue weighted by atomic mass is 127. The van der Waals surface area contributed by atoms with E-state index < -0.39 is 0 Å². The third-order valence-electron chi connectivity index (χ3n) is 3.78. The Morgan fingerprint density at radius 3 is 2.30 bits per heavy atom. The van der Waals surface area contributed by atoms with E-state index in [0.29, 0.717) is 23.3 Å². The maximum Gasteiger partial charge on any atom is 0.193 e. The first-order chi connectivity index (χ1) is 12.6.